The molecule has 0 bridgehead atoms. The van der Waals surface area contributed by atoms with Crippen LogP contribution >= 0.6 is 0 Å². The van der Waals surface area contributed by atoms with E-state index in [-0.39, 0.29) is 18.6 Å². The Morgan fingerprint density at radius 3 is 2.66 bits per heavy atom. The fourth-order valence-corrected chi connectivity index (χ4v) is 4.64. The third kappa shape index (κ3) is 7.69. The Balaban J connectivity index is 1.74. The molecule has 4 rings (SSSR count). The molecular weight excluding hydrogens is 556 g/mol. The summed E-state index contributed by atoms with van der Waals surface area (Å²) in [6.45, 7) is 4.47. The normalized spacial score (nSPS) is 12.7. The van der Waals surface area contributed by atoms with Gasteiger partial charge in [0, 0.05) is 53.3 Å². The molecule has 2 heterocycles. The summed E-state index contributed by atoms with van der Waals surface area (Å²) in [4.78, 5) is 31.9. The highest BCUT2D eigenvalue weighted by molar-refractivity contribution is 6.00. The highest BCUT2D eigenvalue weighted by Crippen LogP contribution is 2.35. The first-order chi connectivity index (χ1) is 21.1. The van der Waals surface area contributed by atoms with Crippen LogP contribution in [0.25, 0.3) is 33.3 Å². The SMILES string of the molecule is CCC(C)C(N)C(=O)OCn1cc(-c2cccc(C#N)c2)c2cc(-c3cc(NC(=O)/C=C/CN(C)C)cc(OC)c3)cnc21. The highest BCUT2D eigenvalue weighted by atomic mass is 16.5. The number of anilines is 1. The third-order valence-corrected chi connectivity index (χ3v) is 7.37. The number of fused-ring (bicyclic) bond motifs is 1. The molecule has 0 aliphatic rings. The molecule has 0 saturated carbocycles. The van der Waals surface area contributed by atoms with Crippen molar-refractivity contribution in [3.8, 4) is 34.1 Å². The van der Waals surface area contributed by atoms with Crippen molar-refractivity contribution >= 4 is 28.6 Å². The van der Waals surface area contributed by atoms with Crippen molar-refractivity contribution in [1.82, 2.24) is 14.5 Å². The Labute approximate surface area is 257 Å². The van der Waals surface area contributed by atoms with Crippen LogP contribution in [-0.4, -0.2) is 60.1 Å². The summed E-state index contributed by atoms with van der Waals surface area (Å²) in [7, 11) is 5.42. The molecule has 2 aromatic carbocycles. The Morgan fingerprint density at radius 1 is 1.16 bits per heavy atom. The van der Waals surface area contributed by atoms with E-state index < -0.39 is 12.0 Å². The molecule has 0 fully saturated rings. The summed E-state index contributed by atoms with van der Waals surface area (Å²) in [6.07, 6.45) is 7.63. The number of hydrogen-bond acceptors (Lipinski definition) is 8. The smallest absolute Gasteiger partial charge is 0.324 e. The van der Waals surface area contributed by atoms with Gasteiger partial charge in [-0.2, -0.15) is 5.26 Å². The lowest BCUT2D eigenvalue weighted by molar-refractivity contribution is -0.150. The molecule has 4 aromatic rings. The summed E-state index contributed by atoms with van der Waals surface area (Å²) in [5.41, 5.74) is 11.0. The number of esters is 1. The quantitative estimate of drug-likeness (QED) is 0.169. The van der Waals surface area contributed by atoms with Crippen LogP contribution in [0.2, 0.25) is 0 Å². The first kappa shape index (κ1) is 31.9. The van der Waals surface area contributed by atoms with Gasteiger partial charge < -0.3 is 25.4 Å². The second-order valence-corrected chi connectivity index (χ2v) is 10.9. The zero-order valence-corrected chi connectivity index (χ0v) is 25.7. The van der Waals surface area contributed by atoms with Crippen molar-refractivity contribution in [2.45, 2.75) is 33.0 Å². The number of benzene rings is 2. The molecular formula is C34H38N6O4. The van der Waals surface area contributed by atoms with E-state index in [1.54, 1.807) is 42.1 Å². The van der Waals surface area contributed by atoms with Gasteiger partial charge in [-0.3, -0.25) is 14.2 Å². The molecule has 10 heteroatoms. The lowest BCUT2D eigenvalue weighted by Gasteiger charge is -2.17. The van der Waals surface area contributed by atoms with Gasteiger partial charge in [-0.25, -0.2) is 4.98 Å². The number of nitrogens with zero attached hydrogens (tertiary/aromatic N) is 4. The molecule has 2 aromatic heterocycles. The Kier molecular flexibility index (Phi) is 10.5. The van der Waals surface area contributed by atoms with Crippen LogP contribution in [0.3, 0.4) is 0 Å². The zero-order chi connectivity index (χ0) is 31.8. The molecule has 3 N–H and O–H groups in total. The van der Waals surface area contributed by atoms with E-state index in [2.05, 4.69) is 11.4 Å². The van der Waals surface area contributed by atoms with Gasteiger partial charge in [-0.15, -0.1) is 0 Å². The lowest BCUT2D eigenvalue weighted by atomic mass is 10.0. The predicted octanol–water partition coefficient (Wildman–Crippen LogP) is 5.18. The van der Waals surface area contributed by atoms with E-state index in [0.29, 0.717) is 29.2 Å². The van der Waals surface area contributed by atoms with Gasteiger partial charge in [0.25, 0.3) is 0 Å². The van der Waals surface area contributed by atoms with E-state index in [9.17, 15) is 14.9 Å². The number of ether oxygens (including phenoxy) is 2. The molecule has 2 atom stereocenters. The second-order valence-electron chi connectivity index (χ2n) is 10.9. The standard InChI is InChI=1S/C34H38N6O4/c1-6-22(2)32(36)34(42)44-21-40-20-30(24-10-7-9-23(13-24)18-35)29-16-26(19-37-33(29)40)25-14-27(17-28(15-25)43-5)38-31(41)11-8-12-39(3)4/h7-11,13-17,19-20,22,32H,6,12,21,36H2,1-5H3,(H,38,41)/b11-8+. The molecule has 0 saturated heterocycles. The Bertz CT molecular complexity index is 1720. The summed E-state index contributed by atoms with van der Waals surface area (Å²) >= 11 is 0. The number of amides is 1. The number of rotatable bonds is 12. The van der Waals surface area contributed by atoms with Crippen molar-refractivity contribution < 1.29 is 19.1 Å². The van der Waals surface area contributed by atoms with Crippen LogP contribution in [0.4, 0.5) is 5.69 Å². The number of nitrogens with two attached hydrogens (primary N) is 1. The van der Waals surface area contributed by atoms with Crippen LogP contribution < -0.4 is 15.8 Å². The van der Waals surface area contributed by atoms with E-state index in [1.807, 2.05) is 69.4 Å². The first-order valence-electron chi connectivity index (χ1n) is 14.4. The number of pyridine rings is 1. The third-order valence-electron chi connectivity index (χ3n) is 7.37. The van der Waals surface area contributed by atoms with Gasteiger partial charge in [0.1, 0.15) is 17.4 Å². The number of aromatic nitrogens is 2. The van der Waals surface area contributed by atoms with Crippen LogP contribution in [-0.2, 0) is 21.1 Å². The van der Waals surface area contributed by atoms with Gasteiger partial charge in [-0.1, -0.05) is 38.5 Å². The molecule has 0 aliphatic heterocycles. The lowest BCUT2D eigenvalue weighted by Crippen LogP contribution is -2.38. The molecule has 10 nitrogen and oxygen atoms in total. The monoisotopic (exact) mass is 594 g/mol. The van der Waals surface area contributed by atoms with Crippen molar-refractivity contribution in [3.63, 3.8) is 0 Å². The van der Waals surface area contributed by atoms with Gasteiger partial charge in [0.15, 0.2) is 6.73 Å². The number of carbonyl (C=O) groups is 2. The van der Waals surface area contributed by atoms with E-state index in [1.165, 1.54) is 6.08 Å². The van der Waals surface area contributed by atoms with Gasteiger partial charge in [0.05, 0.1) is 18.7 Å². The average Bonchev–Trinajstić information content (AvgIpc) is 3.40. The predicted molar refractivity (Wildman–Crippen MR) is 172 cm³/mol. The first-order valence-corrected chi connectivity index (χ1v) is 14.4. The highest BCUT2D eigenvalue weighted by Gasteiger charge is 2.22. The number of methoxy groups -OCH3 is 1. The van der Waals surface area contributed by atoms with E-state index in [4.69, 9.17) is 20.2 Å². The Hall–Kier alpha value is -4.98. The van der Waals surface area contributed by atoms with Crippen LogP contribution in [0.15, 0.2) is 73.1 Å². The largest absolute Gasteiger partial charge is 0.497 e. The maximum atomic E-state index is 12.6. The maximum absolute atomic E-state index is 12.6. The van der Waals surface area contributed by atoms with Gasteiger partial charge in [0.2, 0.25) is 5.91 Å². The topological polar surface area (TPSA) is 136 Å². The molecule has 0 aliphatic carbocycles. The fraction of sp³-hybridized carbons (Fsp3) is 0.294. The van der Waals surface area contributed by atoms with Crippen LogP contribution in [0, 0.1) is 17.2 Å². The van der Waals surface area contributed by atoms with Crippen molar-refractivity contribution in [2.24, 2.45) is 11.7 Å². The summed E-state index contributed by atoms with van der Waals surface area (Å²) < 4.78 is 12.9. The van der Waals surface area contributed by atoms with Gasteiger partial charge in [-0.05, 0) is 61.5 Å². The van der Waals surface area contributed by atoms with Gasteiger partial charge >= 0.3 is 5.97 Å². The van der Waals surface area contributed by atoms with E-state index >= 15 is 0 Å². The number of likely N-dealkylation sites (N-methyl/N-ethyl adjacent to an activating group) is 1. The molecule has 44 heavy (non-hydrogen) atoms. The van der Waals surface area contributed by atoms with E-state index in [0.717, 1.165) is 34.1 Å². The number of nitriles is 1. The maximum Gasteiger partial charge on any atom is 0.324 e. The van der Waals surface area contributed by atoms with Crippen LogP contribution in [0.1, 0.15) is 25.8 Å². The zero-order valence-electron chi connectivity index (χ0n) is 25.7. The second kappa shape index (κ2) is 14.5. The molecule has 0 radical (unpaired) electrons. The number of nitrogens with one attached hydrogen (secondary N) is 1. The number of carbonyl (C=O) groups excluding carboxylic acids is 2. The average molecular weight is 595 g/mol. The fourth-order valence-electron chi connectivity index (χ4n) is 4.64. The Morgan fingerprint density at radius 2 is 1.95 bits per heavy atom. The molecule has 0 spiro atoms. The van der Waals surface area contributed by atoms with Crippen molar-refractivity contribution in [1.29, 1.82) is 5.26 Å². The van der Waals surface area contributed by atoms with Crippen molar-refractivity contribution in [3.05, 3.63) is 78.6 Å². The molecule has 2 unspecified atom stereocenters. The van der Waals surface area contributed by atoms with Crippen molar-refractivity contribution in [2.75, 3.05) is 33.1 Å². The minimum absolute atomic E-state index is 0.0134. The van der Waals surface area contributed by atoms with Crippen LogP contribution in [0.5, 0.6) is 5.75 Å². The summed E-state index contributed by atoms with van der Waals surface area (Å²) in [6, 6.07) is 16.2. The molecule has 228 valence electrons. The summed E-state index contributed by atoms with van der Waals surface area (Å²) in [5, 5.41) is 13.2. The minimum atomic E-state index is -0.723. The number of hydrogen-bond donors (Lipinski definition) is 2. The minimum Gasteiger partial charge on any atom is -0.497 e. The molecule has 1 amide bonds. The summed E-state index contributed by atoms with van der Waals surface area (Å²) in [5.74, 6) is -0.174.